The molecule has 0 aliphatic heterocycles. The number of pyridine rings is 1. The third kappa shape index (κ3) is 1.44. The summed E-state index contributed by atoms with van der Waals surface area (Å²) in [6.45, 7) is 0. The molecule has 2 aromatic rings. The highest BCUT2D eigenvalue weighted by Gasteiger charge is 1.96. The van der Waals surface area contributed by atoms with Gasteiger partial charge in [-0.2, -0.15) is 5.26 Å². The molecule has 0 bridgehead atoms. The maximum Gasteiger partial charge on any atom is 0.137 e. The van der Waals surface area contributed by atoms with Crippen LogP contribution in [-0.4, -0.2) is 9.38 Å². The van der Waals surface area contributed by atoms with Crippen molar-refractivity contribution < 1.29 is 0 Å². The van der Waals surface area contributed by atoms with Crippen molar-refractivity contribution in [2.24, 2.45) is 0 Å². The minimum Gasteiger partial charge on any atom is -0.293 e. The third-order valence-corrected chi connectivity index (χ3v) is 1.80. The fourth-order valence-corrected chi connectivity index (χ4v) is 1.20. The second kappa shape index (κ2) is 3.64. The van der Waals surface area contributed by atoms with Crippen molar-refractivity contribution in [2.75, 3.05) is 0 Å². The minimum absolute atomic E-state index is 0.250. The fraction of sp³-hybridized carbons (Fsp3) is 0.0909. The smallest absolute Gasteiger partial charge is 0.137 e. The Labute approximate surface area is 81.6 Å². The summed E-state index contributed by atoms with van der Waals surface area (Å²) in [6, 6.07) is 7.73. The summed E-state index contributed by atoms with van der Waals surface area (Å²) < 4.78 is 1.89. The van der Waals surface area contributed by atoms with E-state index in [1.807, 2.05) is 34.9 Å². The number of nitrogens with zero attached hydrogens (tertiary/aromatic N) is 3. The van der Waals surface area contributed by atoms with E-state index < -0.39 is 0 Å². The van der Waals surface area contributed by atoms with Gasteiger partial charge in [-0.25, -0.2) is 4.98 Å². The highest BCUT2D eigenvalue weighted by atomic mass is 15.0. The van der Waals surface area contributed by atoms with Gasteiger partial charge in [-0.05, 0) is 18.1 Å². The van der Waals surface area contributed by atoms with Gasteiger partial charge in [-0.1, -0.05) is 12.0 Å². The van der Waals surface area contributed by atoms with Gasteiger partial charge in [0.05, 0.1) is 18.7 Å². The molecule has 3 nitrogen and oxygen atoms in total. The largest absolute Gasteiger partial charge is 0.293 e. The topological polar surface area (TPSA) is 41.1 Å². The zero-order valence-electron chi connectivity index (χ0n) is 7.44. The zero-order chi connectivity index (χ0) is 9.80. The SMILES string of the molecule is N#CCC#Cc1cnc2ccccn12. The Hall–Kier alpha value is -2.26. The van der Waals surface area contributed by atoms with Crippen molar-refractivity contribution in [2.45, 2.75) is 6.42 Å². The number of fused-ring (bicyclic) bond motifs is 1. The molecule has 0 aliphatic carbocycles. The average Bonchev–Trinajstić information content (AvgIpc) is 2.63. The lowest BCUT2D eigenvalue weighted by molar-refractivity contribution is 1.16. The maximum absolute atomic E-state index is 8.33. The molecule has 0 aliphatic rings. The van der Waals surface area contributed by atoms with Crippen LogP contribution in [0.4, 0.5) is 0 Å². The van der Waals surface area contributed by atoms with E-state index in [0.717, 1.165) is 11.3 Å². The predicted molar refractivity (Wildman–Crippen MR) is 52.3 cm³/mol. The van der Waals surface area contributed by atoms with Crippen LogP contribution in [0.15, 0.2) is 30.6 Å². The molecule has 0 saturated carbocycles. The molecule has 0 radical (unpaired) electrons. The van der Waals surface area contributed by atoms with Gasteiger partial charge in [-0.3, -0.25) is 4.40 Å². The van der Waals surface area contributed by atoms with E-state index in [1.165, 1.54) is 0 Å². The third-order valence-electron chi connectivity index (χ3n) is 1.80. The van der Waals surface area contributed by atoms with E-state index in [9.17, 15) is 0 Å². The average molecular weight is 181 g/mol. The van der Waals surface area contributed by atoms with Crippen molar-refractivity contribution in [1.82, 2.24) is 9.38 Å². The van der Waals surface area contributed by atoms with Crippen LogP contribution in [0, 0.1) is 23.2 Å². The number of aromatic nitrogens is 2. The molecule has 0 spiro atoms. The lowest BCUT2D eigenvalue weighted by Crippen LogP contribution is -1.85. The Bertz CT molecular complexity index is 549. The summed E-state index contributed by atoms with van der Waals surface area (Å²) in [5, 5.41) is 8.33. The zero-order valence-corrected chi connectivity index (χ0v) is 7.44. The summed E-state index contributed by atoms with van der Waals surface area (Å²) in [4.78, 5) is 4.17. The van der Waals surface area contributed by atoms with Crippen molar-refractivity contribution >= 4 is 5.65 Å². The summed E-state index contributed by atoms with van der Waals surface area (Å²) >= 11 is 0. The quantitative estimate of drug-likeness (QED) is 0.579. The van der Waals surface area contributed by atoms with Gasteiger partial charge < -0.3 is 0 Å². The molecule has 0 atom stereocenters. The van der Waals surface area contributed by atoms with Crippen LogP contribution in [0.1, 0.15) is 12.1 Å². The minimum atomic E-state index is 0.250. The number of hydrogen-bond acceptors (Lipinski definition) is 2. The van der Waals surface area contributed by atoms with Gasteiger partial charge in [-0.15, -0.1) is 0 Å². The van der Waals surface area contributed by atoms with Crippen LogP contribution in [0.2, 0.25) is 0 Å². The van der Waals surface area contributed by atoms with E-state index in [-0.39, 0.29) is 6.42 Å². The molecule has 0 fully saturated rings. The second-order valence-electron chi connectivity index (χ2n) is 2.71. The molecule has 66 valence electrons. The first-order chi connectivity index (χ1) is 6.92. The maximum atomic E-state index is 8.33. The summed E-state index contributed by atoms with van der Waals surface area (Å²) in [5.74, 6) is 5.65. The van der Waals surface area contributed by atoms with E-state index >= 15 is 0 Å². The molecule has 2 heterocycles. The first-order valence-electron chi connectivity index (χ1n) is 4.20. The Kier molecular flexibility index (Phi) is 2.17. The fourth-order valence-electron chi connectivity index (χ4n) is 1.20. The van der Waals surface area contributed by atoms with Gasteiger partial charge in [0.25, 0.3) is 0 Å². The van der Waals surface area contributed by atoms with Gasteiger partial charge in [0.2, 0.25) is 0 Å². The van der Waals surface area contributed by atoms with Gasteiger partial charge in [0.1, 0.15) is 11.3 Å². The number of rotatable bonds is 0. The van der Waals surface area contributed by atoms with Crippen LogP contribution >= 0.6 is 0 Å². The Morgan fingerprint density at radius 3 is 3.21 bits per heavy atom. The molecule has 3 heteroatoms. The van der Waals surface area contributed by atoms with Crippen molar-refractivity contribution in [3.8, 4) is 17.9 Å². The van der Waals surface area contributed by atoms with Crippen molar-refractivity contribution in [3.05, 3.63) is 36.3 Å². The molecule has 2 rings (SSSR count). The number of nitriles is 1. The Morgan fingerprint density at radius 1 is 1.43 bits per heavy atom. The highest BCUT2D eigenvalue weighted by Crippen LogP contribution is 2.03. The van der Waals surface area contributed by atoms with E-state index in [4.69, 9.17) is 5.26 Å². The van der Waals surface area contributed by atoms with Crippen molar-refractivity contribution in [1.29, 1.82) is 5.26 Å². The molecule has 0 N–H and O–H groups in total. The van der Waals surface area contributed by atoms with E-state index in [0.29, 0.717) is 0 Å². The predicted octanol–water partition coefficient (Wildman–Crippen LogP) is 1.60. The Morgan fingerprint density at radius 2 is 2.36 bits per heavy atom. The summed E-state index contributed by atoms with van der Waals surface area (Å²) in [6.07, 6.45) is 3.86. The first-order valence-corrected chi connectivity index (χ1v) is 4.20. The van der Waals surface area contributed by atoms with Crippen molar-refractivity contribution in [3.63, 3.8) is 0 Å². The van der Waals surface area contributed by atoms with Gasteiger partial charge in [0, 0.05) is 6.20 Å². The van der Waals surface area contributed by atoms with Crippen LogP contribution in [-0.2, 0) is 0 Å². The second-order valence-corrected chi connectivity index (χ2v) is 2.71. The van der Waals surface area contributed by atoms with Crippen LogP contribution in [0.3, 0.4) is 0 Å². The summed E-state index contributed by atoms with van der Waals surface area (Å²) in [7, 11) is 0. The lowest BCUT2D eigenvalue weighted by atomic mass is 10.4. The van der Waals surface area contributed by atoms with Crippen LogP contribution in [0.25, 0.3) is 5.65 Å². The van der Waals surface area contributed by atoms with Crippen LogP contribution in [0.5, 0.6) is 0 Å². The normalized spacial score (nSPS) is 9.07. The van der Waals surface area contributed by atoms with Crippen LogP contribution < -0.4 is 0 Å². The van der Waals surface area contributed by atoms with E-state index in [2.05, 4.69) is 16.8 Å². The molecule has 0 aromatic carbocycles. The first kappa shape index (κ1) is 8.34. The monoisotopic (exact) mass is 181 g/mol. The highest BCUT2D eigenvalue weighted by molar-refractivity contribution is 5.44. The molecule has 2 aromatic heterocycles. The number of hydrogen-bond donors (Lipinski definition) is 0. The molecular weight excluding hydrogens is 174 g/mol. The molecule has 0 saturated heterocycles. The standard InChI is InChI=1S/C11H7N3/c12-7-3-1-5-10-9-13-11-6-2-4-8-14(10)11/h2,4,6,8-9H,3H2. The number of imidazole rings is 1. The molecule has 14 heavy (non-hydrogen) atoms. The van der Waals surface area contributed by atoms with E-state index in [1.54, 1.807) is 6.20 Å². The lowest BCUT2D eigenvalue weighted by Gasteiger charge is -1.91. The van der Waals surface area contributed by atoms with Gasteiger partial charge in [0.15, 0.2) is 0 Å². The molecular formula is C11H7N3. The van der Waals surface area contributed by atoms with Gasteiger partial charge >= 0.3 is 0 Å². The Balaban J connectivity index is 2.46. The molecule has 0 amide bonds. The molecule has 0 unspecified atom stereocenters. The summed E-state index contributed by atoms with van der Waals surface area (Å²) in [5.41, 5.74) is 1.68.